The van der Waals surface area contributed by atoms with Gasteiger partial charge in [-0.1, -0.05) is 46.3 Å². The van der Waals surface area contributed by atoms with Crippen molar-refractivity contribution < 1.29 is 4.42 Å². The highest BCUT2D eigenvalue weighted by molar-refractivity contribution is 9.10. The Balaban J connectivity index is 2.07. The SMILES string of the molecule is Brc1ccc2c(c1)c1oc3ccccc3c1n2-c1ccccc1. The number of para-hydroxylation sites is 2. The number of benzene rings is 3. The van der Waals surface area contributed by atoms with Crippen LogP contribution in [-0.4, -0.2) is 4.57 Å². The maximum absolute atomic E-state index is 6.18. The first-order valence-corrected chi connectivity index (χ1v) is 8.29. The van der Waals surface area contributed by atoms with E-state index >= 15 is 0 Å². The molecule has 0 spiro atoms. The summed E-state index contributed by atoms with van der Waals surface area (Å²) in [5.74, 6) is 0. The summed E-state index contributed by atoms with van der Waals surface area (Å²) in [7, 11) is 0. The summed E-state index contributed by atoms with van der Waals surface area (Å²) in [5, 5.41) is 2.26. The molecule has 5 rings (SSSR count). The number of nitrogens with zero attached hydrogens (tertiary/aromatic N) is 1. The molecule has 23 heavy (non-hydrogen) atoms. The van der Waals surface area contributed by atoms with Crippen molar-refractivity contribution in [2.45, 2.75) is 0 Å². The van der Waals surface area contributed by atoms with E-state index in [-0.39, 0.29) is 0 Å². The van der Waals surface area contributed by atoms with Gasteiger partial charge in [0.15, 0.2) is 5.58 Å². The maximum Gasteiger partial charge on any atom is 0.161 e. The van der Waals surface area contributed by atoms with Crippen LogP contribution in [0.2, 0.25) is 0 Å². The van der Waals surface area contributed by atoms with E-state index in [2.05, 4.69) is 75.1 Å². The number of furan rings is 1. The molecule has 0 aliphatic rings. The van der Waals surface area contributed by atoms with Gasteiger partial charge in [0.25, 0.3) is 0 Å². The number of rotatable bonds is 1. The number of halogens is 1. The lowest BCUT2D eigenvalue weighted by molar-refractivity contribution is 0.672. The third kappa shape index (κ3) is 1.80. The van der Waals surface area contributed by atoms with Crippen LogP contribution in [0.15, 0.2) is 81.7 Å². The zero-order chi connectivity index (χ0) is 15.4. The zero-order valence-corrected chi connectivity index (χ0v) is 13.7. The van der Waals surface area contributed by atoms with E-state index in [1.165, 1.54) is 0 Å². The molecule has 0 amide bonds. The first-order valence-electron chi connectivity index (χ1n) is 7.49. The van der Waals surface area contributed by atoms with Crippen LogP contribution in [0, 0.1) is 0 Å². The summed E-state index contributed by atoms with van der Waals surface area (Å²) in [6.07, 6.45) is 0. The molecule has 0 radical (unpaired) electrons. The van der Waals surface area contributed by atoms with E-state index < -0.39 is 0 Å². The molecule has 0 aliphatic carbocycles. The highest BCUT2D eigenvalue weighted by Gasteiger charge is 2.18. The molecule has 110 valence electrons. The minimum absolute atomic E-state index is 0.920. The molecule has 0 atom stereocenters. The van der Waals surface area contributed by atoms with Gasteiger partial charge in [-0.25, -0.2) is 0 Å². The van der Waals surface area contributed by atoms with Crippen molar-refractivity contribution in [1.29, 1.82) is 0 Å². The van der Waals surface area contributed by atoms with Crippen LogP contribution in [0.1, 0.15) is 0 Å². The van der Waals surface area contributed by atoms with Gasteiger partial charge in [-0.05, 0) is 42.5 Å². The van der Waals surface area contributed by atoms with Gasteiger partial charge in [-0.15, -0.1) is 0 Å². The van der Waals surface area contributed by atoms with Gasteiger partial charge in [-0.2, -0.15) is 0 Å². The van der Waals surface area contributed by atoms with Crippen molar-refractivity contribution in [2.24, 2.45) is 0 Å². The fourth-order valence-electron chi connectivity index (χ4n) is 3.29. The van der Waals surface area contributed by atoms with Gasteiger partial charge in [0.2, 0.25) is 0 Å². The Hall–Kier alpha value is -2.52. The van der Waals surface area contributed by atoms with Gasteiger partial charge in [0.1, 0.15) is 11.1 Å². The second kappa shape index (κ2) is 4.74. The lowest BCUT2D eigenvalue weighted by Crippen LogP contribution is -1.92. The van der Waals surface area contributed by atoms with Crippen LogP contribution < -0.4 is 0 Å². The molecule has 0 aliphatic heterocycles. The fraction of sp³-hybridized carbons (Fsp3) is 0. The molecular formula is C20H12BrNO. The molecule has 2 nitrogen and oxygen atoms in total. The molecule has 0 saturated carbocycles. The quantitative estimate of drug-likeness (QED) is 0.343. The van der Waals surface area contributed by atoms with E-state index in [1.807, 2.05) is 18.2 Å². The molecule has 2 heterocycles. The molecule has 0 fully saturated rings. The van der Waals surface area contributed by atoms with E-state index in [0.29, 0.717) is 0 Å². The monoisotopic (exact) mass is 361 g/mol. The number of hydrogen-bond donors (Lipinski definition) is 0. The molecule has 3 heteroatoms. The molecule has 0 unspecified atom stereocenters. The predicted molar refractivity (Wildman–Crippen MR) is 98.3 cm³/mol. The summed E-state index contributed by atoms with van der Waals surface area (Å²) in [6.45, 7) is 0. The largest absolute Gasteiger partial charge is 0.454 e. The second-order valence-corrected chi connectivity index (χ2v) is 6.52. The van der Waals surface area contributed by atoms with E-state index in [1.54, 1.807) is 0 Å². The van der Waals surface area contributed by atoms with Crippen molar-refractivity contribution in [2.75, 3.05) is 0 Å². The molecule has 0 N–H and O–H groups in total. The standard InChI is InChI=1S/C20H12BrNO/c21-13-10-11-17-16(12-13)20-19(15-8-4-5-9-18(15)23-20)22(17)14-6-2-1-3-7-14/h1-12H. The third-order valence-corrected chi connectivity index (χ3v) is 4.74. The van der Waals surface area contributed by atoms with Crippen molar-refractivity contribution in [1.82, 2.24) is 4.57 Å². The maximum atomic E-state index is 6.18. The minimum Gasteiger partial charge on any atom is -0.454 e. The lowest BCUT2D eigenvalue weighted by atomic mass is 10.2. The van der Waals surface area contributed by atoms with Crippen LogP contribution in [0.5, 0.6) is 0 Å². The van der Waals surface area contributed by atoms with Crippen LogP contribution in [-0.2, 0) is 0 Å². The van der Waals surface area contributed by atoms with E-state index in [9.17, 15) is 0 Å². The lowest BCUT2D eigenvalue weighted by Gasteiger charge is -2.07. The summed E-state index contributed by atoms with van der Waals surface area (Å²) < 4.78 is 9.52. The number of aromatic nitrogens is 1. The number of fused-ring (bicyclic) bond motifs is 5. The predicted octanol–water partition coefficient (Wildman–Crippen LogP) is 6.29. The van der Waals surface area contributed by atoms with Gasteiger partial charge in [0, 0.05) is 20.9 Å². The Labute approximate surface area is 141 Å². The minimum atomic E-state index is 0.920. The normalized spacial score (nSPS) is 11.7. The Kier molecular flexibility index (Phi) is 2.67. The molecule has 5 aromatic rings. The van der Waals surface area contributed by atoms with Crippen molar-refractivity contribution in [3.05, 3.63) is 77.3 Å². The molecule has 2 aromatic heterocycles. The van der Waals surface area contributed by atoms with Gasteiger partial charge < -0.3 is 8.98 Å². The van der Waals surface area contributed by atoms with E-state index in [0.717, 1.165) is 43.1 Å². The first-order chi connectivity index (χ1) is 11.3. The van der Waals surface area contributed by atoms with Crippen LogP contribution in [0.4, 0.5) is 0 Å². The Morgan fingerprint density at radius 1 is 0.783 bits per heavy atom. The average molecular weight is 362 g/mol. The Morgan fingerprint density at radius 3 is 2.43 bits per heavy atom. The van der Waals surface area contributed by atoms with Gasteiger partial charge in [0.05, 0.1) is 5.52 Å². The highest BCUT2D eigenvalue weighted by atomic mass is 79.9. The van der Waals surface area contributed by atoms with Crippen molar-refractivity contribution in [3.63, 3.8) is 0 Å². The Morgan fingerprint density at radius 2 is 1.57 bits per heavy atom. The van der Waals surface area contributed by atoms with Crippen molar-refractivity contribution >= 4 is 48.9 Å². The first kappa shape index (κ1) is 13.0. The molecule has 3 aromatic carbocycles. The number of hydrogen-bond acceptors (Lipinski definition) is 1. The molecule has 0 saturated heterocycles. The highest BCUT2D eigenvalue weighted by Crippen LogP contribution is 2.39. The second-order valence-electron chi connectivity index (χ2n) is 5.61. The smallest absolute Gasteiger partial charge is 0.161 e. The summed E-state index contributed by atoms with van der Waals surface area (Å²) >= 11 is 3.58. The fourth-order valence-corrected chi connectivity index (χ4v) is 3.65. The molecule has 0 bridgehead atoms. The summed E-state index contributed by atoms with van der Waals surface area (Å²) in [4.78, 5) is 0. The van der Waals surface area contributed by atoms with E-state index in [4.69, 9.17) is 4.42 Å². The van der Waals surface area contributed by atoms with Crippen molar-refractivity contribution in [3.8, 4) is 5.69 Å². The summed E-state index contributed by atoms with van der Waals surface area (Å²) in [5.41, 5.74) is 5.27. The Bertz CT molecular complexity index is 1170. The third-order valence-electron chi connectivity index (χ3n) is 4.25. The van der Waals surface area contributed by atoms with Crippen LogP contribution in [0.3, 0.4) is 0 Å². The average Bonchev–Trinajstić information content (AvgIpc) is 3.10. The zero-order valence-electron chi connectivity index (χ0n) is 12.2. The van der Waals surface area contributed by atoms with Crippen LogP contribution in [0.25, 0.3) is 38.7 Å². The summed E-state index contributed by atoms with van der Waals surface area (Å²) in [6, 6.07) is 25.0. The topological polar surface area (TPSA) is 18.1 Å². The van der Waals surface area contributed by atoms with Crippen LogP contribution >= 0.6 is 15.9 Å². The van der Waals surface area contributed by atoms with Gasteiger partial charge >= 0.3 is 0 Å². The van der Waals surface area contributed by atoms with Gasteiger partial charge in [-0.3, -0.25) is 0 Å². The molecular weight excluding hydrogens is 350 g/mol.